The molecule has 0 N–H and O–H groups in total. The number of rotatable bonds is 0. The Morgan fingerprint density at radius 2 is 2.25 bits per heavy atom. The minimum Gasteiger partial charge on any atom is -0.0620 e. The van der Waals surface area contributed by atoms with Gasteiger partial charge in [-0.2, -0.15) is 0 Å². The van der Waals surface area contributed by atoms with Crippen LogP contribution in [-0.2, 0) is 0 Å². The van der Waals surface area contributed by atoms with Gasteiger partial charge in [-0.1, -0.05) is 5.57 Å². The van der Waals surface area contributed by atoms with E-state index in [1.54, 1.807) is 11.1 Å². The molecule has 0 atom stereocenters. The number of hydrogen-bond donors (Lipinski definition) is 0. The van der Waals surface area contributed by atoms with Crippen LogP contribution in [0.2, 0.25) is 0 Å². The Labute approximate surface area is 49.9 Å². The van der Waals surface area contributed by atoms with E-state index in [0.29, 0.717) is 0 Å². The van der Waals surface area contributed by atoms with E-state index in [4.69, 9.17) is 0 Å². The molecule has 2 rings (SSSR count). The molecule has 0 fully saturated rings. The summed E-state index contributed by atoms with van der Waals surface area (Å²) in [5, 5.41) is 0. The van der Waals surface area contributed by atoms with E-state index in [2.05, 4.69) is 13.0 Å². The standard InChI is InChI=1S/C8H9/c1-6-2-3-7-4-5-8(6)7/h3-5H2,1H3. The lowest BCUT2D eigenvalue weighted by Crippen LogP contribution is -1.98. The predicted octanol–water partition coefficient (Wildman–Crippen LogP) is 2.23. The molecule has 1 radical (unpaired) electrons. The Hall–Kier alpha value is -0.520. The van der Waals surface area contributed by atoms with Gasteiger partial charge in [0.25, 0.3) is 0 Å². The van der Waals surface area contributed by atoms with Crippen molar-refractivity contribution in [2.75, 3.05) is 0 Å². The largest absolute Gasteiger partial charge is 0.0620 e. The molecule has 0 heteroatoms. The van der Waals surface area contributed by atoms with Gasteiger partial charge in [0.15, 0.2) is 0 Å². The third-order valence-electron chi connectivity index (χ3n) is 2.12. The molecule has 0 aromatic heterocycles. The molecule has 0 saturated carbocycles. The van der Waals surface area contributed by atoms with Gasteiger partial charge in [0.2, 0.25) is 0 Å². The van der Waals surface area contributed by atoms with Gasteiger partial charge in [-0.15, -0.1) is 0 Å². The molecule has 0 heterocycles. The summed E-state index contributed by atoms with van der Waals surface area (Å²) in [4.78, 5) is 0. The molecule has 8 heavy (non-hydrogen) atoms. The first kappa shape index (κ1) is 4.37. The summed E-state index contributed by atoms with van der Waals surface area (Å²) in [6, 6.07) is 0. The van der Waals surface area contributed by atoms with E-state index in [-0.39, 0.29) is 0 Å². The lowest BCUT2D eigenvalue weighted by atomic mass is 9.88. The van der Waals surface area contributed by atoms with E-state index in [9.17, 15) is 0 Å². The van der Waals surface area contributed by atoms with Gasteiger partial charge >= 0.3 is 0 Å². The van der Waals surface area contributed by atoms with Gasteiger partial charge in [-0.25, -0.2) is 0 Å². The molecule has 0 bridgehead atoms. The maximum Gasteiger partial charge on any atom is -0.00554 e. The summed E-state index contributed by atoms with van der Waals surface area (Å²) in [5.41, 5.74) is 4.69. The van der Waals surface area contributed by atoms with Gasteiger partial charge in [0.1, 0.15) is 0 Å². The van der Waals surface area contributed by atoms with Crippen LogP contribution in [0.25, 0.3) is 0 Å². The molecule has 0 amide bonds. The smallest absolute Gasteiger partial charge is 0.00554 e. The second kappa shape index (κ2) is 1.25. The van der Waals surface area contributed by atoms with Crippen molar-refractivity contribution in [2.24, 2.45) is 0 Å². The van der Waals surface area contributed by atoms with Crippen LogP contribution in [0.1, 0.15) is 26.2 Å². The Balaban J connectivity index is 2.40. The van der Waals surface area contributed by atoms with Crippen LogP contribution >= 0.6 is 0 Å². The zero-order valence-corrected chi connectivity index (χ0v) is 5.12. The van der Waals surface area contributed by atoms with Crippen molar-refractivity contribution in [1.82, 2.24) is 0 Å². The number of allylic oxidation sites excluding steroid dienone is 4. The van der Waals surface area contributed by atoms with Crippen LogP contribution in [0.3, 0.4) is 0 Å². The van der Waals surface area contributed by atoms with Crippen molar-refractivity contribution in [3.05, 3.63) is 22.8 Å². The molecule has 0 aliphatic heterocycles. The molecule has 0 aromatic carbocycles. The summed E-state index contributed by atoms with van der Waals surface area (Å²) in [6.45, 7) is 2.17. The summed E-state index contributed by atoms with van der Waals surface area (Å²) in [6.07, 6.45) is 7.14. The van der Waals surface area contributed by atoms with Crippen LogP contribution in [0, 0.1) is 6.08 Å². The lowest BCUT2D eigenvalue weighted by molar-refractivity contribution is 0.809. The molecule has 41 valence electrons. The maximum absolute atomic E-state index is 3.32. The third kappa shape index (κ3) is 0.360. The first-order valence-electron chi connectivity index (χ1n) is 3.16. The Morgan fingerprint density at radius 1 is 1.38 bits per heavy atom. The van der Waals surface area contributed by atoms with E-state index in [1.165, 1.54) is 18.4 Å². The van der Waals surface area contributed by atoms with Crippen molar-refractivity contribution in [2.45, 2.75) is 26.2 Å². The van der Waals surface area contributed by atoms with Crippen molar-refractivity contribution in [3.63, 3.8) is 0 Å². The van der Waals surface area contributed by atoms with Crippen molar-refractivity contribution in [1.29, 1.82) is 0 Å². The molecule has 0 aromatic rings. The van der Waals surface area contributed by atoms with Gasteiger partial charge in [0, 0.05) is 0 Å². The van der Waals surface area contributed by atoms with Crippen LogP contribution in [0.4, 0.5) is 0 Å². The molecule has 2 aliphatic carbocycles. The summed E-state index contributed by atoms with van der Waals surface area (Å²) < 4.78 is 0. The van der Waals surface area contributed by atoms with Crippen LogP contribution in [0.5, 0.6) is 0 Å². The average Bonchev–Trinajstić information content (AvgIpc) is 1.80. The van der Waals surface area contributed by atoms with Crippen LogP contribution < -0.4 is 0 Å². The first-order valence-corrected chi connectivity index (χ1v) is 3.16. The Morgan fingerprint density at radius 3 is 2.50 bits per heavy atom. The fraction of sp³-hybridized carbons (Fsp3) is 0.500. The highest BCUT2D eigenvalue weighted by Gasteiger charge is 2.21. The molecule has 0 unspecified atom stereocenters. The van der Waals surface area contributed by atoms with Crippen molar-refractivity contribution < 1.29 is 0 Å². The van der Waals surface area contributed by atoms with Gasteiger partial charge in [-0.05, 0) is 43.4 Å². The lowest BCUT2D eigenvalue weighted by Gasteiger charge is -2.17. The van der Waals surface area contributed by atoms with E-state index in [1.807, 2.05) is 0 Å². The average molecular weight is 105 g/mol. The van der Waals surface area contributed by atoms with Gasteiger partial charge in [-0.3, -0.25) is 0 Å². The Bertz CT molecular complexity index is 179. The Kier molecular flexibility index (Phi) is 0.682. The first-order chi connectivity index (χ1) is 3.88. The molecule has 2 aliphatic rings. The predicted molar refractivity (Wildman–Crippen MR) is 33.3 cm³/mol. The van der Waals surface area contributed by atoms with E-state index in [0.717, 1.165) is 6.42 Å². The van der Waals surface area contributed by atoms with Gasteiger partial charge < -0.3 is 0 Å². The molecule has 0 saturated heterocycles. The topological polar surface area (TPSA) is 0 Å². The van der Waals surface area contributed by atoms with E-state index >= 15 is 0 Å². The summed E-state index contributed by atoms with van der Waals surface area (Å²) in [5.74, 6) is 0. The fourth-order valence-electron chi connectivity index (χ4n) is 1.42. The molecular formula is C8H9. The summed E-state index contributed by atoms with van der Waals surface area (Å²) >= 11 is 0. The van der Waals surface area contributed by atoms with Crippen molar-refractivity contribution >= 4 is 0 Å². The van der Waals surface area contributed by atoms with E-state index < -0.39 is 0 Å². The molecular weight excluding hydrogens is 96.1 g/mol. The van der Waals surface area contributed by atoms with Gasteiger partial charge in [0.05, 0.1) is 0 Å². The zero-order chi connectivity index (χ0) is 5.56. The second-order valence-corrected chi connectivity index (χ2v) is 2.56. The minimum absolute atomic E-state index is 1.14. The highest BCUT2D eigenvalue weighted by Crippen LogP contribution is 2.39. The zero-order valence-electron chi connectivity index (χ0n) is 5.12. The normalized spacial score (nSPS) is 24.9. The molecule has 0 nitrogen and oxygen atoms in total. The summed E-state index contributed by atoms with van der Waals surface area (Å²) in [7, 11) is 0. The monoisotopic (exact) mass is 105 g/mol. The van der Waals surface area contributed by atoms with Crippen LogP contribution in [0.15, 0.2) is 16.7 Å². The SMILES string of the molecule is CC1=[C]CC2=C1CC2. The quantitative estimate of drug-likeness (QED) is 0.443. The van der Waals surface area contributed by atoms with Crippen molar-refractivity contribution in [3.8, 4) is 0 Å². The fourth-order valence-corrected chi connectivity index (χ4v) is 1.42. The second-order valence-electron chi connectivity index (χ2n) is 2.56. The van der Waals surface area contributed by atoms with Crippen LogP contribution in [-0.4, -0.2) is 0 Å². The highest BCUT2D eigenvalue weighted by molar-refractivity contribution is 5.44. The molecule has 0 spiro atoms. The number of hydrogen-bond acceptors (Lipinski definition) is 0. The minimum atomic E-state index is 1.14. The maximum atomic E-state index is 3.32. The highest BCUT2D eigenvalue weighted by atomic mass is 14.3. The third-order valence-corrected chi connectivity index (χ3v) is 2.12.